The minimum atomic E-state index is 0.00937. The summed E-state index contributed by atoms with van der Waals surface area (Å²) in [4.78, 5) is 14.4. The summed E-state index contributed by atoms with van der Waals surface area (Å²) in [5, 5.41) is 17.0. The Balaban J connectivity index is 1.80. The van der Waals surface area contributed by atoms with Crippen LogP contribution in [-0.4, -0.2) is 50.6 Å². The molecule has 1 amide bonds. The molecule has 6 nitrogen and oxygen atoms in total. The van der Waals surface area contributed by atoms with E-state index in [0.717, 1.165) is 25.1 Å². The maximum Gasteiger partial charge on any atom is 0.253 e. The number of aromatic nitrogens is 3. The van der Waals surface area contributed by atoms with Crippen molar-refractivity contribution in [2.24, 2.45) is 5.92 Å². The van der Waals surface area contributed by atoms with E-state index >= 15 is 0 Å². The molecule has 1 atom stereocenters. The van der Waals surface area contributed by atoms with Crippen LogP contribution in [0.1, 0.15) is 23.2 Å². The first-order valence-corrected chi connectivity index (χ1v) is 7.15. The Morgan fingerprint density at radius 3 is 3.10 bits per heavy atom. The van der Waals surface area contributed by atoms with Gasteiger partial charge < -0.3 is 10.0 Å². The number of benzene rings is 1. The summed E-state index contributed by atoms with van der Waals surface area (Å²) in [5.74, 6) is 0.205. The van der Waals surface area contributed by atoms with Crippen molar-refractivity contribution in [1.82, 2.24) is 19.9 Å². The molecule has 1 aromatic carbocycles. The summed E-state index contributed by atoms with van der Waals surface area (Å²) in [6, 6.07) is 7.36. The van der Waals surface area contributed by atoms with Crippen LogP contribution in [0.3, 0.4) is 0 Å². The molecule has 1 N–H and O–H groups in total. The number of aliphatic hydroxyl groups excluding tert-OH is 1. The summed E-state index contributed by atoms with van der Waals surface area (Å²) in [7, 11) is 0. The van der Waals surface area contributed by atoms with Gasteiger partial charge in [0.1, 0.15) is 0 Å². The van der Waals surface area contributed by atoms with Gasteiger partial charge in [-0.3, -0.25) is 4.79 Å². The average Bonchev–Trinajstić information content (AvgIpc) is 3.09. The Bertz CT molecular complexity index is 612. The van der Waals surface area contributed by atoms with Gasteiger partial charge in [-0.2, -0.15) is 0 Å². The number of hydrogen-bond donors (Lipinski definition) is 1. The van der Waals surface area contributed by atoms with E-state index in [2.05, 4.69) is 10.3 Å². The zero-order chi connectivity index (χ0) is 14.7. The molecular formula is C15H18N4O2. The fourth-order valence-electron chi connectivity index (χ4n) is 2.71. The first kappa shape index (κ1) is 13.8. The molecule has 1 unspecified atom stereocenters. The molecule has 1 aromatic heterocycles. The first-order chi connectivity index (χ1) is 10.3. The highest BCUT2D eigenvalue weighted by molar-refractivity contribution is 5.94. The third-order valence-electron chi connectivity index (χ3n) is 3.84. The maximum absolute atomic E-state index is 12.6. The number of nitrogens with zero attached hydrogens (tertiary/aromatic N) is 4. The first-order valence-electron chi connectivity index (χ1n) is 7.15. The van der Waals surface area contributed by atoms with Gasteiger partial charge in [0, 0.05) is 25.3 Å². The van der Waals surface area contributed by atoms with E-state index in [1.165, 1.54) is 0 Å². The molecule has 2 heterocycles. The minimum Gasteiger partial charge on any atom is -0.396 e. The molecule has 0 bridgehead atoms. The standard InChI is InChI=1S/C15H18N4O2/c20-11-12-3-2-7-18(10-12)15(21)13-4-1-5-14(9-13)19-8-6-16-17-19/h1,4-6,8-9,12,20H,2-3,7,10-11H2. The molecule has 2 aromatic rings. The third-order valence-corrected chi connectivity index (χ3v) is 3.84. The van der Waals surface area contributed by atoms with Crippen LogP contribution in [0.15, 0.2) is 36.7 Å². The highest BCUT2D eigenvalue weighted by atomic mass is 16.3. The number of rotatable bonds is 3. The predicted molar refractivity (Wildman–Crippen MR) is 77.1 cm³/mol. The normalized spacial score (nSPS) is 18.7. The van der Waals surface area contributed by atoms with Crippen LogP contribution in [-0.2, 0) is 0 Å². The van der Waals surface area contributed by atoms with Gasteiger partial charge in [-0.15, -0.1) is 5.10 Å². The molecular weight excluding hydrogens is 268 g/mol. The Labute approximate surface area is 123 Å². The van der Waals surface area contributed by atoms with Crippen LogP contribution >= 0.6 is 0 Å². The lowest BCUT2D eigenvalue weighted by atomic mass is 9.98. The van der Waals surface area contributed by atoms with E-state index in [1.807, 2.05) is 29.2 Å². The van der Waals surface area contributed by atoms with Gasteiger partial charge in [-0.25, -0.2) is 4.68 Å². The van der Waals surface area contributed by atoms with Gasteiger partial charge in [-0.05, 0) is 37.0 Å². The lowest BCUT2D eigenvalue weighted by molar-refractivity contribution is 0.0620. The quantitative estimate of drug-likeness (QED) is 0.917. The van der Waals surface area contributed by atoms with Gasteiger partial charge in [0.15, 0.2) is 0 Å². The Kier molecular flexibility index (Phi) is 3.96. The Morgan fingerprint density at radius 1 is 1.43 bits per heavy atom. The Hall–Kier alpha value is -2.21. The number of piperidine rings is 1. The molecule has 1 aliphatic rings. The number of amides is 1. The van der Waals surface area contributed by atoms with Crippen molar-refractivity contribution in [2.75, 3.05) is 19.7 Å². The van der Waals surface area contributed by atoms with E-state index in [9.17, 15) is 9.90 Å². The number of carbonyl (C=O) groups is 1. The van der Waals surface area contributed by atoms with Gasteiger partial charge in [0.2, 0.25) is 0 Å². The predicted octanol–water partition coefficient (Wildman–Crippen LogP) is 1.11. The van der Waals surface area contributed by atoms with Crippen molar-refractivity contribution < 1.29 is 9.90 Å². The van der Waals surface area contributed by atoms with Crippen LogP contribution in [0, 0.1) is 5.92 Å². The van der Waals surface area contributed by atoms with E-state index in [-0.39, 0.29) is 18.4 Å². The lowest BCUT2D eigenvalue weighted by Gasteiger charge is -2.32. The highest BCUT2D eigenvalue weighted by Gasteiger charge is 2.24. The molecule has 0 spiro atoms. The van der Waals surface area contributed by atoms with Crippen molar-refractivity contribution in [3.05, 3.63) is 42.2 Å². The monoisotopic (exact) mass is 286 g/mol. The Morgan fingerprint density at radius 2 is 2.33 bits per heavy atom. The van der Waals surface area contributed by atoms with Gasteiger partial charge in [0.25, 0.3) is 5.91 Å². The van der Waals surface area contributed by atoms with Gasteiger partial charge >= 0.3 is 0 Å². The molecule has 6 heteroatoms. The minimum absolute atomic E-state index is 0.00937. The van der Waals surface area contributed by atoms with Crippen LogP contribution in [0.25, 0.3) is 5.69 Å². The number of carbonyl (C=O) groups excluding carboxylic acids is 1. The molecule has 0 radical (unpaired) electrons. The highest BCUT2D eigenvalue weighted by Crippen LogP contribution is 2.19. The van der Waals surface area contributed by atoms with Gasteiger partial charge in [0.05, 0.1) is 18.1 Å². The van der Waals surface area contributed by atoms with Gasteiger partial charge in [-0.1, -0.05) is 11.3 Å². The summed E-state index contributed by atoms with van der Waals surface area (Å²) in [5.41, 5.74) is 1.45. The summed E-state index contributed by atoms with van der Waals surface area (Å²) in [6.07, 6.45) is 5.27. The second-order valence-corrected chi connectivity index (χ2v) is 5.34. The van der Waals surface area contributed by atoms with Crippen LogP contribution < -0.4 is 0 Å². The van der Waals surface area contributed by atoms with Crippen LogP contribution in [0.2, 0.25) is 0 Å². The van der Waals surface area contributed by atoms with E-state index in [1.54, 1.807) is 17.1 Å². The molecule has 3 rings (SSSR count). The second-order valence-electron chi connectivity index (χ2n) is 5.34. The molecule has 21 heavy (non-hydrogen) atoms. The van der Waals surface area contributed by atoms with Crippen molar-refractivity contribution in [1.29, 1.82) is 0 Å². The summed E-state index contributed by atoms with van der Waals surface area (Å²) < 4.78 is 1.63. The van der Waals surface area contributed by atoms with E-state index in [0.29, 0.717) is 12.1 Å². The SMILES string of the molecule is O=C(c1cccc(-n2ccnn2)c1)N1CCCC(CO)C1. The molecule has 1 saturated heterocycles. The fourth-order valence-corrected chi connectivity index (χ4v) is 2.71. The van der Waals surface area contributed by atoms with Crippen LogP contribution in [0.5, 0.6) is 0 Å². The van der Waals surface area contributed by atoms with Crippen molar-refractivity contribution in [3.8, 4) is 5.69 Å². The number of aliphatic hydroxyl groups is 1. The number of likely N-dealkylation sites (tertiary alicyclic amines) is 1. The summed E-state index contributed by atoms with van der Waals surface area (Å²) >= 11 is 0. The smallest absolute Gasteiger partial charge is 0.253 e. The summed E-state index contributed by atoms with van der Waals surface area (Å²) in [6.45, 7) is 1.52. The number of hydrogen-bond acceptors (Lipinski definition) is 4. The zero-order valence-electron chi connectivity index (χ0n) is 11.7. The van der Waals surface area contributed by atoms with Crippen molar-refractivity contribution in [3.63, 3.8) is 0 Å². The fraction of sp³-hybridized carbons (Fsp3) is 0.400. The molecule has 0 saturated carbocycles. The molecule has 110 valence electrons. The lowest BCUT2D eigenvalue weighted by Crippen LogP contribution is -2.40. The molecule has 0 aliphatic carbocycles. The van der Waals surface area contributed by atoms with Crippen molar-refractivity contribution >= 4 is 5.91 Å². The van der Waals surface area contributed by atoms with Crippen LogP contribution in [0.4, 0.5) is 0 Å². The molecule has 1 fully saturated rings. The zero-order valence-corrected chi connectivity index (χ0v) is 11.7. The van der Waals surface area contributed by atoms with Crippen molar-refractivity contribution in [2.45, 2.75) is 12.8 Å². The van der Waals surface area contributed by atoms with E-state index < -0.39 is 0 Å². The van der Waals surface area contributed by atoms with E-state index in [4.69, 9.17) is 0 Å². The molecule has 1 aliphatic heterocycles. The topological polar surface area (TPSA) is 71.2 Å². The average molecular weight is 286 g/mol. The third kappa shape index (κ3) is 2.95. The maximum atomic E-state index is 12.6. The second kappa shape index (κ2) is 6.05. The largest absolute Gasteiger partial charge is 0.396 e.